The van der Waals surface area contributed by atoms with Crippen LogP contribution in [0.2, 0.25) is 0 Å². The van der Waals surface area contributed by atoms with E-state index in [0.717, 1.165) is 25.1 Å². The van der Waals surface area contributed by atoms with Gasteiger partial charge in [-0.05, 0) is 37.1 Å². The van der Waals surface area contributed by atoms with Gasteiger partial charge in [0, 0.05) is 13.1 Å². The van der Waals surface area contributed by atoms with Crippen molar-refractivity contribution in [3.8, 4) is 0 Å². The van der Waals surface area contributed by atoms with E-state index in [0.29, 0.717) is 18.0 Å². The first-order chi connectivity index (χ1) is 9.48. The number of hydrogen-bond donors (Lipinski definition) is 2. The number of sulfonamides is 1. The summed E-state index contributed by atoms with van der Waals surface area (Å²) in [6, 6.07) is 7.03. The molecule has 1 atom stereocenters. The minimum Gasteiger partial charge on any atom is -0.392 e. The maximum Gasteiger partial charge on any atom is 0.215 e. The molecule has 112 valence electrons. The second-order valence-corrected chi connectivity index (χ2v) is 7.31. The third-order valence-electron chi connectivity index (χ3n) is 3.61. The Bertz CT molecular complexity index is 545. The van der Waals surface area contributed by atoms with Crippen LogP contribution in [0.25, 0.3) is 0 Å². The molecule has 5 nitrogen and oxygen atoms in total. The number of benzene rings is 1. The van der Waals surface area contributed by atoms with Crippen molar-refractivity contribution < 1.29 is 13.5 Å². The lowest BCUT2D eigenvalue weighted by atomic mass is 10.1. The van der Waals surface area contributed by atoms with Crippen LogP contribution in [0.5, 0.6) is 0 Å². The van der Waals surface area contributed by atoms with E-state index in [1.807, 2.05) is 0 Å². The van der Waals surface area contributed by atoms with E-state index in [-0.39, 0.29) is 12.4 Å². The van der Waals surface area contributed by atoms with Crippen LogP contribution in [0, 0.1) is 5.92 Å². The van der Waals surface area contributed by atoms with E-state index in [2.05, 4.69) is 16.7 Å². The van der Waals surface area contributed by atoms with Gasteiger partial charge in [-0.15, -0.1) is 0 Å². The summed E-state index contributed by atoms with van der Waals surface area (Å²) in [7, 11) is -1.26. The Labute approximate surface area is 120 Å². The molecule has 1 unspecified atom stereocenters. The predicted octanol–water partition coefficient (Wildman–Crippen LogP) is 0.550. The molecule has 1 aliphatic heterocycles. The summed E-state index contributed by atoms with van der Waals surface area (Å²) < 4.78 is 26.8. The molecule has 1 heterocycles. The van der Waals surface area contributed by atoms with Gasteiger partial charge in [0.1, 0.15) is 0 Å². The number of likely N-dealkylation sites (tertiary alicyclic amines) is 1. The highest BCUT2D eigenvalue weighted by atomic mass is 32.2. The zero-order valence-electron chi connectivity index (χ0n) is 11.7. The molecular weight excluding hydrogens is 276 g/mol. The van der Waals surface area contributed by atoms with Crippen LogP contribution in [0.15, 0.2) is 24.3 Å². The largest absolute Gasteiger partial charge is 0.392 e. The number of hydrogen-bond acceptors (Lipinski definition) is 4. The fourth-order valence-electron chi connectivity index (χ4n) is 2.53. The third-order valence-corrected chi connectivity index (χ3v) is 4.93. The molecule has 1 aromatic rings. The summed E-state index contributed by atoms with van der Waals surface area (Å²) in [6.45, 7) is 2.41. The molecule has 20 heavy (non-hydrogen) atoms. The highest BCUT2D eigenvalue weighted by molar-refractivity contribution is 7.88. The van der Waals surface area contributed by atoms with Gasteiger partial charge >= 0.3 is 0 Å². The van der Waals surface area contributed by atoms with Crippen LogP contribution in [-0.4, -0.2) is 45.1 Å². The van der Waals surface area contributed by atoms with E-state index < -0.39 is 10.0 Å². The number of aliphatic hydroxyl groups excluding tert-OH is 1. The van der Waals surface area contributed by atoms with Crippen molar-refractivity contribution in [1.29, 1.82) is 0 Å². The summed E-state index contributed by atoms with van der Waals surface area (Å²) in [6.07, 6.45) is 1.04. The fraction of sp³-hybridized carbons (Fsp3) is 0.571. The lowest BCUT2D eigenvalue weighted by Gasteiger charge is -2.12. The molecule has 0 amide bonds. The Hall–Kier alpha value is -0.950. The van der Waals surface area contributed by atoms with Gasteiger partial charge in [-0.3, -0.25) is 0 Å². The normalized spacial score (nSPS) is 20.4. The molecule has 0 aliphatic carbocycles. The van der Waals surface area contributed by atoms with Crippen molar-refractivity contribution in [2.45, 2.75) is 18.8 Å². The van der Waals surface area contributed by atoms with Crippen LogP contribution >= 0.6 is 0 Å². The van der Waals surface area contributed by atoms with Crippen LogP contribution in [0.1, 0.15) is 17.5 Å². The Morgan fingerprint density at radius 3 is 2.80 bits per heavy atom. The van der Waals surface area contributed by atoms with E-state index in [1.165, 1.54) is 0 Å². The van der Waals surface area contributed by atoms with E-state index >= 15 is 0 Å². The van der Waals surface area contributed by atoms with Crippen molar-refractivity contribution in [2.24, 2.45) is 5.92 Å². The number of nitrogens with zero attached hydrogens (tertiary/aromatic N) is 1. The third kappa shape index (κ3) is 4.56. The topological polar surface area (TPSA) is 69.6 Å². The van der Waals surface area contributed by atoms with Crippen molar-refractivity contribution in [1.82, 2.24) is 9.62 Å². The van der Waals surface area contributed by atoms with Gasteiger partial charge in [0.25, 0.3) is 0 Å². The molecule has 0 saturated carbocycles. The smallest absolute Gasteiger partial charge is 0.215 e. The molecule has 1 fully saturated rings. The maximum absolute atomic E-state index is 12.1. The first kappa shape index (κ1) is 15.4. The van der Waals surface area contributed by atoms with Crippen LogP contribution < -0.4 is 4.72 Å². The number of nitrogens with one attached hydrogen (secondary N) is 1. The van der Waals surface area contributed by atoms with Gasteiger partial charge in [-0.2, -0.15) is 0 Å². The molecule has 0 radical (unpaired) electrons. The lowest BCUT2D eigenvalue weighted by molar-refractivity contribution is 0.282. The average molecular weight is 298 g/mol. The quantitative estimate of drug-likeness (QED) is 0.805. The van der Waals surface area contributed by atoms with Crippen LogP contribution in [-0.2, 0) is 22.4 Å². The van der Waals surface area contributed by atoms with Gasteiger partial charge in [-0.1, -0.05) is 24.3 Å². The molecule has 6 heteroatoms. The molecule has 0 aromatic heterocycles. The average Bonchev–Trinajstić information content (AvgIpc) is 2.82. The summed E-state index contributed by atoms with van der Waals surface area (Å²) in [4.78, 5) is 2.21. The predicted molar refractivity (Wildman–Crippen MR) is 78.6 cm³/mol. The van der Waals surface area contributed by atoms with Crippen LogP contribution in [0.4, 0.5) is 0 Å². The second-order valence-electron chi connectivity index (χ2n) is 5.50. The van der Waals surface area contributed by atoms with E-state index in [4.69, 9.17) is 5.11 Å². The van der Waals surface area contributed by atoms with E-state index in [1.54, 1.807) is 24.3 Å². The molecule has 0 spiro atoms. The maximum atomic E-state index is 12.1. The second kappa shape index (κ2) is 6.67. The van der Waals surface area contributed by atoms with Crippen LogP contribution in [0.3, 0.4) is 0 Å². The standard InChI is InChI=1S/C14H22N2O3S/c1-16-6-5-14(9-16)8-15-20(18,19)11-13-4-2-3-12(7-13)10-17/h2-4,7,14-15,17H,5-6,8-11H2,1H3. The number of aliphatic hydroxyl groups is 1. The number of rotatable bonds is 6. The van der Waals surface area contributed by atoms with Crippen molar-refractivity contribution >= 4 is 10.0 Å². The first-order valence-corrected chi connectivity index (χ1v) is 8.48. The molecule has 2 N–H and O–H groups in total. The lowest BCUT2D eigenvalue weighted by Crippen LogP contribution is -2.31. The van der Waals surface area contributed by atoms with Crippen molar-refractivity contribution in [2.75, 3.05) is 26.7 Å². The molecule has 2 rings (SSSR count). The summed E-state index contributed by atoms with van der Waals surface area (Å²) in [5, 5.41) is 9.06. The molecule has 1 saturated heterocycles. The summed E-state index contributed by atoms with van der Waals surface area (Å²) >= 11 is 0. The Morgan fingerprint density at radius 2 is 2.15 bits per heavy atom. The first-order valence-electron chi connectivity index (χ1n) is 6.83. The Kier molecular flexibility index (Phi) is 5.15. The minimum atomic E-state index is -3.31. The van der Waals surface area contributed by atoms with Gasteiger partial charge in [0.15, 0.2) is 0 Å². The van der Waals surface area contributed by atoms with Gasteiger partial charge < -0.3 is 10.0 Å². The summed E-state index contributed by atoms with van der Waals surface area (Å²) in [5.74, 6) is 0.363. The monoisotopic (exact) mass is 298 g/mol. The molecule has 1 aliphatic rings. The molecule has 0 bridgehead atoms. The van der Waals surface area contributed by atoms with Gasteiger partial charge in [0.05, 0.1) is 12.4 Å². The Morgan fingerprint density at radius 1 is 1.40 bits per heavy atom. The molecule has 1 aromatic carbocycles. The minimum absolute atomic E-state index is 0.0383. The SMILES string of the molecule is CN1CCC(CNS(=O)(=O)Cc2cccc(CO)c2)C1. The zero-order chi connectivity index (χ0) is 14.6. The highest BCUT2D eigenvalue weighted by Crippen LogP contribution is 2.14. The zero-order valence-corrected chi connectivity index (χ0v) is 12.6. The molecular formula is C14H22N2O3S. The fourth-order valence-corrected chi connectivity index (χ4v) is 3.74. The summed E-state index contributed by atoms with van der Waals surface area (Å²) in [5.41, 5.74) is 1.43. The van der Waals surface area contributed by atoms with Gasteiger partial charge in [-0.25, -0.2) is 13.1 Å². The van der Waals surface area contributed by atoms with Crippen molar-refractivity contribution in [3.63, 3.8) is 0 Å². The van der Waals surface area contributed by atoms with Gasteiger partial charge in [0.2, 0.25) is 10.0 Å². The van der Waals surface area contributed by atoms with E-state index in [9.17, 15) is 8.42 Å². The Balaban J connectivity index is 1.90. The highest BCUT2D eigenvalue weighted by Gasteiger charge is 2.21. The van der Waals surface area contributed by atoms with Crippen molar-refractivity contribution in [3.05, 3.63) is 35.4 Å².